The number of carbonyl (C=O) groups is 1. The van der Waals surface area contributed by atoms with E-state index in [4.69, 9.17) is 9.47 Å². The van der Waals surface area contributed by atoms with E-state index in [9.17, 15) is 4.79 Å². The van der Waals surface area contributed by atoms with Gasteiger partial charge < -0.3 is 20.1 Å². The molecule has 5 heteroatoms. The van der Waals surface area contributed by atoms with E-state index in [0.29, 0.717) is 11.5 Å². The van der Waals surface area contributed by atoms with Crippen molar-refractivity contribution in [3.63, 3.8) is 0 Å². The molecule has 0 aliphatic heterocycles. The molecule has 2 N–H and O–H groups in total. The third kappa shape index (κ3) is 4.15. The zero-order valence-corrected chi connectivity index (χ0v) is 12.8. The normalized spacial score (nSPS) is 9.91. The van der Waals surface area contributed by atoms with E-state index in [0.717, 1.165) is 17.7 Å². The Morgan fingerprint density at radius 3 is 2.45 bits per heavy atom. The van der Waals surface area contributed by atoms with Gasteiger partial charge in [0, 0.05) is 5.69 Å². The zero-order valence-electron chi connectivity index (χ0n) is 12.8. The van der Waals surface area contributed by atoms with Crippen LogP contribution in [0, 0.1) is 0 Å². The molecule has 0 fully saturated rings. The summed E-state index contributed by atoms with van der Waals surface area (Å²) in [5.74, 6) is 1.21. The highest BCUT2D eigenvalue weighted by molar-refractivity contribution is 5.89. The minimum atomic E-state index is -0.309. The van der Waals surface area contributed by atoms with Crippen molar-refractivity contribution in [3.05, 3.63) is 54.1 Å². The van der Waals surface area contributed by atoms with Crippen molar-refractivity contribution in [3.8, 4) is 11.5 Å². The first-order valence-corrected chi connectivity index (χ1v) is 7.13. The number of benzene rings is 2. The van der Waals surface area contributed by atoms with E-state index >= 15 is 0 Å². The molecule has 0 bridgehead atoms. The van der Waals surface area contributed by atoms with E-state index in [1.54, 1.807) is 19.2 Å². The monoisotopic (exact) mass is 300 g/mol. The van der Waals surface area contributed by atoms with Crippen molar-refractivity contribution < 1.29 is 14.3 Å². The number of aryl methyl sites for hydroxylation is 1. The summed E-state index contributed by atoms with van der Waals surface area (Å²) in [5, 5.41) is 5.47. The zero-order chi connectivity index (χ0) is 15.8. The van der Waals surface area contributed by atoms with E-state index in [1.165, 1.54) is 0 Å². The van der Waals surface area contributed by atoms with Gasteiger partial charge in [-0.3, -0.25) is 0 Å². The first-order chi connectivity index (χ1) is 10.7. The number of urea groups is 1. The summed E-state index contributed by atoms with van der Waals surface area (Å²) in [6, 6.07) is 14.7. The molecule has 0 aromatic heterocycles. The molecule has 0 heterocycles. The number of methoxy groups -OCH3 is 1. The van der Waals surface area contributed by atoms with Gasteiger partial charge in [-0.1, -0.05) is 37.3 Å². The topological polar surface area (TPSA) is 59.6 Å². The second-order valence-electron chi connectivity index (χ2n) is 4.58. The van der Waals surface area contributed by atoms with Crippen molar-refractivity contribution >= 4 is 11.7 Å². The lowest BCUT2D eigenvalue weighted by atomic mass is 10.1. The number of hydrogen-bond donors (Lipinski definition) is 2. The van der Waals surface area contributed by atoms with Crippen LogP contribution in [0.4, 0.5) is 10.5 Å². The molecule has 2 aromatic carbocycles. The summed E-state index contributed by atoms with van der Waals surface area (Å²) < 4.78 is 10.7. The fraction of sp³-hybridized carbons (Fsp3) is 0.235. The first kappa shape index (κ1) is 15.7. The lowest BCUT2D eigenvalue weighted by molar-refractivity contribution is 0.231. The Balaban J connectivity index is 1.85. The van der Waals surface area contributed by atoms with E-state index in [1.807, 2.05) is 43.3 Å². The fourth-order valence-corrected chi connectivity index (χ4v) is 2.03. The first-order valence-electron chi connectivity index (χ1n) is 7.13. The Labute approximate surface area is 130 Å². The van der Waals surface area contributed by atoms with Crippen molar-refractivity contribution in [1.29, 1.82) is 0 Å². The van der Waals surface area contributed by atoms with Crippen molar-refractivity contribution in [2.24, 2.45) is 0 Å². The second-order valence-corrected chi connectivity index (χ2v) is 4.58. The Morgan fingerprint density at radius 1 is 1.05 bits per heavy atom. The van der Waals surface area contributed by atoms with Crippen molar-refractivity contribution in [2.45, 2.75) is 13.3 Å². The number of anilines is 1. The van der Waals surface area contributed by atoms with E-state index in [2.05, 4.69) is 10.6 Å². The maximum Gasteiger partial charge on any atom is 0.321 e. The number of hydrogen-bond acceptors (Lipinski definition) is 3. The van der Waals surface area contributed by atoms with Crippen molar-refractivity contribution in [2.75, 3.05) is 19.2 Å². The van der Waals surface area contributed by atoms with Crippen LogP contribution in [0.2, 0.25) is 0 Å². The second kappa shape index (κ2) is 7.93. The maximum absolute atomic E-state index is 11.9. The van der Waals surface area contributed by atoms with Crippen molar-refractivity contribution in [1.82, 2.24) is 5.32 Å². The van der Waals surface area contributed by atoms with Gasteiger partial charge in [0.1, 0.15) is 0 Å². The summed E-state index contributed by atoms with van der Waals surface area (Å²) in [6.07, 6.45) is 0.855. The van der Waals surface area contributed by atoms with Crippen LogP contribution in [-0.2, 0) is 6.42 Å². The summed E-state index contributed by atoms with van der Waals surface area (Å²) in [6.45, 7) is 2.10. The molecule has 0 saturated carbocycles. The molecule has 0 atom stereocenters. The Kier molecular flexibility index (Phi) is 5.65. The number of rotatable bonds is 6. The smallest absolute Gasteiger partial charge is 0.321 e. The number of para-hydroxylation sites is 3. The maximum atomic E-state index is 11.9. The van der Waals surface area contributed by atoms with Gasteiger partial charge >= 0.3 is 6.03 Å². The highest BCUT2D eigenvalue weighted by atomic mass is 16.5. The number of amides is 2. The van der Waals surface area contributed by atoms with Gasteiger partial charge in [-0.2, -0.15) is 0 Å². The molecule has 2 amide bonds. The molecule has 0 unspecified atom stereocenters. The molecule has 22 heavy (non-hydrogen) atoms. The molecule has 116 valence electrons. The van der Waals surface area contributed by atoms with E-state index < -0.39 is 0 Å². The van der Waals surface area contributed by atoms with Gasteiger partial charge in [0.15, 0.2) is 18.2 Å². The minimum absolute atomic E-state index is 0.0561. The highest BCUT2D eigenvalue weighted by Crippen LogP contribution is 2.25. The predicted molar refractivity (Wildman–Crippen MR) is 86.5 cm³/mol. The molecule has 0 spiro atoms. The molecule has 0 aliphatic carbocycles. The minimum Gasteiger partial charge on any atom is -0.493 e. The predicted octanol–water partition coefficient (Wildman–Crippen LogP) is 3.42. The third-order valence-electron chi connectivity index (χ3n) is 3.18. The summed E-state index contributed by atoms with van der Waals surface area (Å²) in [5.41, 5.74) is 1.89. The summed E-state index contributed by atoms with van der Waals surface area (Å²) >= 11 is 0. The van der Waals surface area contributed by atoms with Gasteiger partial charge in [-0.05, 0) is 30.2 Å². The van der Waals surface area contributed by atoms with Crippen LogP contribution < -0.4 is 20.1 Å². The highest BCUT2D eigenvalue weighted by Gasteiger charge is 2.06. The molecule has 2 rings (SSSR count). The van der Waals surface area contributed by atoms with Crippen LogP contribution in [0.25, 0.3) is 0 Å². The molecule has 0 saturated heterocycles. The van der Waals surface area contributed by atoms with Crippen LogP contribution in [0.5, 0.6) is 11.5 Å². The van der Waals surface area contributed by atoms with Gasteiger partial charge in [-0.15, -0.1) is 0 Å². The quantitative estimate of drug-likeness (QED) is 0.804. The summed E-state index contributed by atoms with van der Waals surface area (Å²) in [4.78, 5) is 11.9. The van der Waals surface area contributed by atoms with Gasteiger partial charge in [0.05, 0.1) is 7.11 Å². The number of ether oxygens (including phenoxy) is 2. The fourth-order valence-electron chi connectivity index (χ4n) is 2.03. The molecular weight excluding hydrogens is 280 g/mol. The molecule has 5 nitrogen and oxygen atoms in total. The number of nitrogens with one attached hydrogen (secondary N) is 2. The molecule has 0 aliphatic rings. The Hall–Kier alpha value is -2.69. The van der Waals surface area contributed by atoms with Crippen LogP contribution in [-0.4, -0.2) is 19.9 Å². The van der Waals surface area contributed by atoms with E-state index in [-0.39, 0.29) is 12.8 Å². The third-order valence-corrected chi connectivity index (χ3v) is 3.18. The van der Waals surface area contributed by atoms with Gasteiger partial charge in [0.2, 0.25) is 0 Å². The Bertz CT molecular complexity index is 629. The van der Waals surface area contributed by atoms with Crippen LogP contribution in [0.15, 0.2) is 48.5 Å². The standard InChI is InChI=1S/C17H20N2O3/c1-3-13-8-4-5-9-14(13)19-17(20)18-12-22-16-11-7-6-10-15(16)21-2/h4-11H,3,12H2,1-2H3,(H2,18,19,20). The lowest BCUT2D eigenvalue weighted by Gasteiger charge is -2.13. The van der Waals surface area contributed by atoms with Crippen LogP contribution >= 0.6 is 0 Å². The van der Waals surface area contributed by atoms with Crippen LogP contribution in [0.3, 0.4) is 0 Å². The average Bonchev–Trinajstić information content (AvgIpc) is 2.55. The molecule has 0 radical (unpaired) electrons. The lowest BCUT2D eigenvalue weighted by Crippen LogP contribution is -2.32. The van der Waals surface area contributed by atoms with Gasteiger partial charge in [-0.25, -0.2) is 4.79 Å². The Morgan fingerprint density at radius 2 is 1.73 bits per heavy atom. The molecular formula is C17H20N2O3. The summed E-state index contributed by atoms with van der Waals surface area (Å²) in [7, 11) is 1.57. The van der Waals surface area contributed by atoms with Crippen LogP contribution in [0.1, 0.15) is 12.5 Å². The SMILES string of the molecule is CCc1ccccc1NC(=O)NCOc1ccccc1OC. The number of carbonyl (C=O) groups excluding carboxylic acids is 1. The largest absolute Gasteiger partial charge is 0.493 e. The van der Waals surface area contributed by atoms with Gasteiger partial charge in [0.25, 0.3) is 0 Å². The average molecular weight is 300 g/mol. The molecule has 2 aromatic rings.